The Labute approximate surface area is 198 Å². The van der Waals surface area contributed by atoms with Gasteiger partial charge in [-0.3, -0.25) is 0 Å². The van der Waals surface area contributed by atoms with Gasteiger partial charge in [-0.1, -0.05) is 34.9 Å². The van der Waals surface area contributed by atoms with Crippen LogP contribution in [0.25, 0.3) is 0 Å². The zero-order valence-electron chi connectivity index (χ0n) is 22.1. The van der Waals surface area contributed by atoms with Crippen LogP contribution in [0, 0.1) is 11.8 Å². The lowest BCUT2D eigenvalue weighted by Crippen LogP contribution is -2.30. The second-order valence-corrected chi connectivity index (χ2v) is 11.5. The lowest BCUT2D eigenvalue weighted by atomic mass is 9.77. The van der Waals surface area contributed by atoms with E-state index in [4.69, 9.17) is 0 Å². The van der Waals surface area contributed by atoms with Gasteiger partial charge in [0.25, 0.3) is 0 Å². The van der Waals surface area contributed by atoms with Gasteiger partial charge >= 0.3 is 0 Å². The molecule has 32 heavy (non-hydrogen) atoms. The molecule has 2 atom stereocenters. The number of hydrogen-bond donors (Lipinski definition) is 3. The highest BCUT2D eigenvalue weighted by Crippen LogP contribution is 2.34. The maximum absolute atomic E-state index is 9.65. The summed E-state index contributed by atoms with van der Waals surface area (Å²) in [6, 6.07) is 0. The Kier molecular flexibility index (Phi) is 11.9. The lowest BCUT2D eigenvalue weighted by molar-refractivity contribution is 0.0126. The molecular formula is C29H52O3. The average molecular weight is 449 g/mol. The van der Waals surface area contributed by atoms with E-state index in [1.54, 1.807) is 5.57 Å². The summed E-state index contributed by atoms with van der Waals surface area (Å²) >= 11 is 0. The minimum absolute atomic E-state index is 0.121. The maximum Gasteiger partial charge on any atom is 0.0625 e. The Balaban J connectivity index is 0.000000240. The molecule has 3 heteroatoms. The van der Waals surface area contributed by atoms with Crippen molar-refractivity contribution in [2.24, 2.45) is 11.8 Å². The Morgan fingerprint density at radius 1 is 0.938 bits per heavy atom. The fourth-order valence-electron chi connectivity index (χ4n) is 4.75. The van der Waals surface area contributed by atoms with Crippen LogP contribution in [-0.2, 0) is 0 Å². The van der Waals surface area contributed by atoms with Crippen LogP contribution in [0.5, 0.6) is 0 Å². The minimum Gasteiger partial charge on any atom is -0.393 e. The van der Waals surface area contributed by atoms with Crippen molar-refractivity contribution in [3.8, 4) is 0 Å². The van der Waals surface area contributed by atoms with E-state index in [1.807, 2.05) is 20.8 Å². The highest BCUT2D eigenvalue weighted by molar-refractivity contribution is 5.13. The van der Waals surface area contributed by atoms with Gasteiger partial charge < -0.3 is 15.3 Å². The third kappa shape index (κ3) is 11.3. The van der Waals surface area contributed by atoms with Crippen LogP contribution in [-0.4, -0.2) is 32.6 Å². The van der Waals surface area contributed by atoms with E-state index in [2.05, 4.69) is 40.3 Å². The number of aliphatic hydroxyl groups excluding tert-OH is 1. The van der Waals surface area contributed by atoms with Crippen molar-refractivity contribution < 1.29 is 15.3 Å². The molecule has 2 saturated carbocycles. The molecule has 0 amide bonds. The Morgan fingerprint density at radius 2 is 1.44 bits per heavy atom. The summed E-state index contributed by atoms with van der Waals surface area (Å²) in [7, 11) is 0. The fraction of sp³-hybridized carbons (Fsp3) is 0.793. The summed E-state index contributed by atoms with van der Waals surface area (Å²) in [5.41, 5.74) is 4.97. The molecule has 3 aliphatic rings. The molecule has 0 heterocycles. The van der Waals surface area contributed by atoms with E-state index < -0.39 is 5.60 Å². The maximum atomic E-state index is 9.65. The Hall–Kier alpha value is -0.900. The lowest BCUT2D eigenvalue weighted by Gasteiger charge is -2.33. The Bertz CT molecular complexity index is 625. The molecule has 0 aromatic rings. The monoisotopic (exact) mass is 448 g/mol. The minimum atomic E-state index is -0.397. The SMILES string of the molecule is C=C(C)C1CCC(C)(O)CC1.CC(C)=C1CCC(C)(O)CC1.CC1=CCC(C(C)O)CC1. The summed E-state index contributed by atoms with van der Waals surface area (Å²) in [4.78, 5) is 0. The van der Waals surface area contributed by atoms with Crippen molar-refractivity contribution >= 4 is 0 Å². The topological polar surface area (TPSA) is 60.7 Å². The van der Waals surface area contributed by atoms with Gasteiger partial charge in [0.2, 0.25) is 0 Å². The molecule has 3 rings (SSSR count). The van der Waals surface area contributed by atoms with E-state index in [9.17, 15) is 15.3 Å². The Morgan fingerprint density at radius 3 is 1.81 bits per heavy atom. The van der Waals surface area contributed by atoms with E-state index >= 15 is 0 Å². The highest BCUT2D eigenvalue weighted by atomic mass is 16.3. The zero-order valence-corrected chi connectivity index (χ0v) is 22.1. The molecule has 0 saturated heterocycles. The van der Waals surface area contributed by atoms with Crippen LogP contribution >= 0.6 is 0 Å². The standard InChI is InChI=1S/2C10H18O.C9H16O/c2*1-8(2)9-4-6-10(3,11)7-5-9;1-7-3-5-9(6-4-7)8(2)10/h11H,4-7H2,1-3H3;9,11H,1,4-7H2,2-3H3;3,8-10H,4-6H2,1-2H3. The molecule has 3 aliphatic carbocycles. The number of rotatable bonds is 2. The summed E-state index contributed by atoms with van der Waals surface area (Å²) in [6.07, 6.45) is 13.7. The summed E-state index contributed by atoms with van der Waals surface area (Å²) in [5, 5.41) is 28.5. The second-order valence-electron chi connectivity index (χ2n) is 11.5. The van der Waals surface area contributed by atoms with Crippen molar-refractivity contribution in [1.29, 1.82) is 0 Å². The highest BCUT2D eigenvalue weighted by Gasteiger charge is 2.28. The number of allylic oxidation sites excluding steroid dienone is 5. The van der Waals surface area contributed by atoms with Gasteiger partial charge in [-0.2, -0.15) is 0 Å². The molecule has 3 nitrogen and oxygen atoms in total. The van der Waals surface area contributed by atoms with Gasteiger partial charge in [-0.15, -0.1) is 0 Å². The van der Waals surface area contributed by atoms with Crippen LogP contribution in [0.1, 0.15) is 119 Å². The first-order valence-corrected chi connectivity index (χ1v) is 12.8. The molecule has 3 N–H and O–H groups in total. The van der Waals surface area contributed by atoms with Gasteiger partial charge in [-0.05, 0) is 131 Å². The predicted octanol–water partition coefficient (Wildman–Crippen LogP) is 7.27. The van der Waals surface area contributed by atoms with Gasteiger partial charge in [0.15, 0.2) is 0 Å². The van der Waals surface area contributed by atoms with Crippen LogP contribution in [0.3, 0.4) is 0 Å². The summed E-state index contributed by atoms with van der Waals surface area (Å²) in [5.74, 6) is 1.18. The van der Waals surface area contributed by atoms with Crippen molar-refractivity contribution in [1.82, 2.24) is 0 Å². The van der Waals surface area contributed by atoms with Gasteiger partial charge in [0.05, 0.1) is 17.3 Å². The molecular weight excluding hydrogens is 396 g/mol. The largest absolute Gasteiger partial charge is 0.393 e. The number of hydrogen-bond acceptors (Lipinski definition) is 3. The van der Waals surface area contributed by atoms with E-state index in [1.165, 1.54) is 29.6 Å². The quantitative estimate of drug-likeness (QED) is 0.389. The van der Waals surface area contributed by atoms with Crippen molar-refractivity contribution in [3.63, 3.8) is 0 Å². The van der Waals surface area contributed by atoms with Crippen molar-refractivity contribution in [2.75, 3.05) is 0 Å². The molecule has 186 valence electrons. The van der Waals surface area contributed by atoms with E-state index in [-0.39, 0.29) is 11.7 Å². The van der Waals surface area contributed by atoms with Crippen LogP contribution in [0.4, 0.5) is 0 Å². The molecule has 0 spiro atoms. The third-order valence-electron chi connectivity index (χ3n) is 7.76. The van der Waals surface area contributed by atoms with Crippen LogP contribution in [0.2, 0.25) is 0 Å². The molecule has 0 aliphatic heterocycles. The molecule has 0 aromatic carbocycles. The predicted molar refractivity (Wildman–Crippen MR) is 138 cm³/mol. The van der Waals surface area contributed by atoms with Gasteiger partial charge in [-0.25, -0.2) is 0 Å². The normalized spacial score (nSPS) is 33.6. The van der Waals surface area contributed by atoms with E-state index in [0.717, 1.165) is 57.8 Å². The first-order valence-electron chi connectivity index (χ1n) is 12.8. The number of aliphatic hydroxyl groups is 3. The average Bonchev–Trinajstić information content (AvgIpc) is 2.68. The molecule has 0 aromatic heterocycles. The molecule has 0 bridgehead atoms. The zero-order chi connectivity index (χ0) is 24.5. The van der Waals surface area contributed by atoms with Crippen molar-refractivity contribution in [3.05, 3.63) is 34.9 Å². The molecule has 2 fully saturated rings. The molecule has 2 unspecified atom stereocenters. The summed E-state index contributed by atoms with van der Waals surface area (Å²) in [6.45, 7) is 18.3. The second kappa shape index (κ2) is 13.1. The van der Waals surface area contributed by atoms with Crippen LogP contribution in [0.15, 0.2) is 34.9 Å². The van der Waals surface area contributed by atoms with Crippen LogP contribution < -0.4 is 0 Å². The third-order valence-corrected chi connectivity index (χ3v) is 7.76. The van der Waals surface area contributed by atoms with Gasteiger partial charge in [0, 0.05) is 0 Å². The summed E-state index contributed by atoms with van der Waals surface area (Å²) < 4.78 is 0. The van der Waals surface area contributed by atoms with Gasteiger partial charge in [0.1, 0.15) is 0 Å². The fourth-order valence-corrected chi connectivity index (χ4v) is 4.75. The molecule has 0 radical (unpaired) electrons. The first-order chi connectivity index (χ1) is 14.7. The smallest absolute Gasteiger partial charge is 0.0625 e. The van der Waals surface area contributed by atoms with E-state index in [0.29, 0.717) is 11.8 Å². The first kappa shape index (κ1) is 29.1. The van der Waals surface area contributed by atoms with Crippen molar-refractivity contribution in [2.45, 2.75) is 136 Å².